The van der Waals surface area contributed by atoms with E-state index in [1.165, 1.54) is 0 Å². The highest BCUT2D eigenvalue weighted by molar-refractivity contribution is 8.03. The van der Waals surface area contributed by atoms with E-state index in [1.807, 2.05) is 10.8 Å². The van der Waals surface area contributed by atoms with E-state index in [4.69, 9.17) is 45.3 Å². The first-order chi connectivity index (χ1) is 8.11. The van der Waals surface area contributed by atoms with Crippen molar-refractivity contribution >= 4 is 58.3 Å². The maximum atomic E-state index is 8.50. The van der Waals surface area contributed by atoms with Crippen molar-refractivity contribution in [2.75, 3.05) is 0 Å². The molecule has 0 fully saturated rings. The number of thiocyanates is 2. The van der Waals surface area contributed by atoms with Gasteiger partial charge in [0.05, 0.1) is 10.0 Å². The minimum atomic E-state index is 0.357. The Morgan fingerprint density at radius 2 is 1.59 bits per heavy atom. The Balaban J connectivity index is 3.09. The zero-order valence-corrected chi connectivity index (χ0v) is 12.2. The fourth-order valence-corrected chi connectivity index (χ4v) is 3.19. The van der Waals surface area contributed by atoms with Gasteiger partial charge in [0.25, 0.3) is 0 Å². The quantitative estimate of drug-likeness (QED) is 0.573. The fraction of sp³-hybridized carbons (Fsp3) is 0.200. The van der Waals surface area contributed by atoms with E-state index >= 15 is 0 Å². The molecule has 0 saturated carbocycles. The van der Waals surface area contributed by atoms with Crippen LogP contribution in [0.25, 0.3) is 0 Å². The van der Waals surface area contributed by atoms with Crippen LogP contribution in [-0.2, 0) is 11.5 Å². The summed E-state index contributed by atoms with van der Waals surface area (Å²) in [4.78, 5) is 0. The van der Waals surface area contributed by atoms with Crippen LogP contribution in [-0.4, -0.2) is 0 Å². The van der Waals surface area contributed by atoms with Crippen LogP contribution in [0.1, 0.15) is 11.1 Å². The van der Waals surface area contributed by atoms with Crippen LogP contribution in [0.3, 0.4) is 0 Å². The molecule has 17 heavy (non-hydrogen) atoms. The van der Waals surface area contributed by atoms with Crippen LogP contribution in [0.4, 0.5) is 0 Å². The van der Waals surface area contributed by atoms with E-state index in [0.29, 0.717) is 32.1 Å². The first-order valence-corrected chi connectivity index (χ1v) is 7.39. The molecular formula is C10H5Cl3N2S2. The first kappa shape index (κ1) is 14.8. The molecule has 0 spiro atoms. The molecule has 1 aromatic rings. The van der Waals surface area contributed by atoms with Crippen LogP contribution in [0.5, 0.6) is 0 Å². The molecule has 0 atom stereocenters. The zero-order valence-electron chi connectivity index (χ0n) is 8.34. The summed E-state index contributed by atoms with van der Waals surface area (Å²) in [6.07, 6.45) is 0. The molecule has 2 nitrogen and oxygen atoms in total. The second kappa shape index (κ2) is 7.26. The fourth-order valence-electron chi connectivity index (χ4n) is 1.13. The predicted octanol–water partition coefficient (Wildman–Crippen LogP) is 5.08. The number of thioether (sulfide) groups is 2. The van der Waals surface area contributed by atoms with E-state index in [0.717, 1.165) is 29.1 Å². The summed E-state index contributed by atoms with van der Waals surface area (Å²) < 4.78 is 0. The highest BCUT2D eigenvalue weighted by atomic mass is 35.5. The third-order valence-electron chi connectivity index (χ3n) is 1.90. The van der Waals surface area contributed by atoms with Crippen molar-refractivity contribution < 1.29 is 0 Å². The van der Waals surface area contributed by atoms with Crippen LogP contribution >= 0.6 is 58.3 Å². The summed E-state index contributed by atoms with van der Waals surface area (Å²) in [6.45, 7) is 0. The SMILES string of the molecule is N#CSCc1cc(Cl)c(CSC#N)c(Cl)c1Cl. The number of rotatable bonds is 4. The predicted molar refractivity (Wildman–Crippen MR) is 75.3 cm³/mol. The molecule has 7 heteroatoms. The van der Waals surface area contributed by atoms with Gasteiger partial charge < -0.3 is 0 Å². The van der Waals surface area contributed by atoms with Crippen LogP contribution < -0.4 is 0 Å². The van der Waals surface area contributed by atoms with Crippen molar-refractivity contribution in [1.82, 2.24) is 0 Å². The van der Waals surface area contributed by atoms with Crippen LogP contribution in [0.15, 0.2) is 6.07 Å². The van der Waals surface area contributed by atoms with Crippen LogP contribution in [0.2, 0.25) is 15.1 Å². The zero-order chi connectivity index (χ0) is 12.8. The molecule has 1 aromatic carbocycles. The number of nitrogens with zero attached hydrogens (tertiary/aromatic N) is 2. The van der Waals surface area contributed by atoms with Gasteiger partial charge in [-0.2, -0.15) is 10.5 Å². The van der Waals surface area contributed by atoms with Crippen molar-refractivity contribution in [3.05, 3.63) is 32.3 Å². The minimum Gasteiger partial charge on any atom is -0.185 e. The second-order valence-electron chi connectivity index (χ2n) is 2.88. The molecule has 0 N–H and O–H groups in total. The Hall–Kier alpha value is -0.230. The molecule has 0 heterocycles. The maximum Gasteiger partial charge on any atom is 0.133 e. The van der Waals surface area contributed by atoms with Crippen LogP contribution in [0, 0.1) is 21.3 Å². The number of hydrogen-bond acceptors (Lipinski definition) is 4. The van der Waals surface area contributed by atoms with Crippen molar-refractivity contribution in [2.45, 2.75) is 11.5 Å². The second-order valence-corrected chi connectivity index (χ2v) is 5.57. The highest BCUT2D eigenvalue weighted by Gasteiger charge is 2.14. The van der Waals surface area contributed by atoms with Gasteiger partial charge in [-0.15, -0.1) is 0 Å². The molecule has 0 amide bonds. The Morgan fingerprint density at radius 3 is 2.18 bits per heavy atom. The minimum absolute atomic E-state index is 0.357. The number of nitriles is 2. The number of halogens is 3. The van der Waals surface area contributed by atoms with E-state index in [1.54, 1.807) is 6.07 Å². The van der Waals surface area contributed by atoms with E-state index in [-0.39, 0.29) is 0 Å². The molecule has 0 radical (unpaired) electrons. The summed E-state index contributed by atoms with van der Waals surface area (Å²) in [5, 5.41) is 22.1. The van der Waals surface area contributed by atoms with Crippen molar-refractivity contribution in [3.8, 4) is 10.8 Å². The van der Waals surface area contributed by atoms with Gasteiger partial charge in [-0.25, -0.2) is 0 Å². The molecule has 88 valence electrons. The maximum absolute atomic E-state index is 8.50. The summed E-state index contributed by atoms with van der Waals surface area (Å²) in [7, 11) is 0. The lowest BCUT2D eigenvalue weighted by Gasteiger charge is -2.10. The number of hydrogen-bond donors (Lipinski definition) is 0. The molecule has 1 rings (SSSR count). The lowest BCUT2D eigenvalue weighted by Crippen LogP contribution is -1.91. The van der Waals surface area contributed by atoms with Gasteiger partial charge in [-0.05, 0) is 35.2 Å². The van der Waals surface area contributed by atoms with Gasteiger partial charge in [0.1, 0.15) is 10.8 Å². The van der Waals surface area contributed by atoms with Crippen molar-refractivity contribution in [3.63, 3.8) is 0 Å². The molecular weight excluding hydrogens is 319 g/mol. The molecule has 0 aliphatic heterocycles. The van der Waals surface area contributed by atoms with Gasteiger partial charge in [0, 0.05) is 22.1 Å². The standard InChI is InChI=1S/C10H5Cl3N2S2/c11-8-1-6(2-16-4-14)9(12)10(13)7(8)3-17-5-15/h1H,2-3H2. The summed E-state index contributed by atoms with van der Waals surface area (Å²) in [5.74, 6) is 0.819. The van der Waals surface area contributed by atoms with Crippen molar-refractivity contribution in [1.29, 1.82) is 10.5 Å². The van der Waals surface area contributed by atoms with E-state index < -0.39 is 0 Å². The molecule has 0 aromatic heterocycles. The summed E-state index contributed by atoms with van der Waals surface area (Å²) >= 11 is 20.3. The van der Waals surface area contributed by atoms with Gasteiger partial charge in [0.2, 0.25) is 0 Å². The average Bonchev–Trinajstić information content (AvgIpc) is 2.32. The lowest BCUT2D eigenvalue weighted by molar-refractivity contribution is 1.35. The normalized spacial score (nSPS) is 9.71. The molecule has 0 aliphatic rings. The smallest absolute Gasteiger partial charge is 0.133 e. The summed E-state index contributed by atoms with van der Waals surface area (Å²) in [6, 6.07) is 1.69. The first-order valence-electron chi connectivity index (χ1n) is 4.28. The lowest BCUT2D eigenvalue weighted by atomic mass is 10.1. The van der Waals surface area contributed by atoms with Gasteiger partial charge in [-0.3, -0.25) is 0 Å². The van der Waals surface area contributed by atoms with Crippen molar-refractivity contribution in [2.24, 2.45) is 0 Å². The van der Waals surface area contributed by atoms with Gasteiger partial charge in [-0.1, -0.05) is 34.8 Å². The largest absolute Gasteiger partial charge is 0.185 e. The molecule has 0 saturated heterocycles. The number of benzene rings is 1. The van der Waals surface area contributed by atoms with Gasteiger partial charge in [0.15, 0.2) is 0 Å². The Morgan fingerprint density at radius 1 is 1.00 bits per heavy atom. The Bertz CT molecular complexity index is 506. The highest BCUT2D eigenvalue weighted by Crippen LogP contribution is 2.37. The van der Waals surface area contributed by atoms with E-state index in [2.05, 4.69) is 0 Å². The Labute approximate surface area is 123 Å². The Kier molecular flexibility index (Phi) is 6.33. The average molecular weight is 324 g/mol. The third-order valence-corrected chi connectivity index (χ3v) is 4.33. The monoisotopic (exact) mass is 322 g/mol. The molecule has 0 unspecified atom stereocenters. The topological polar surface area (TPSA) is 47.6 Å². The summed E-state index contributed by atoms with van der Waals surface area (Å²) in [5.41, 5.74) is 1.37. The molecule has 0 aliphatic carbocycles. The molecule has 0 bridgehead atoms. The van der Waals surface area contributed by atoms with E-state index in [9.17, 15) is 0 Å². The van der Waals surface area contributed by atoms with Gasteiger partial charge >= 0.3 is 0 Å². The third kappa shape index (κ3) is 3.88.